The van der Waals surface area contributed by atoms with Crippen molar-refractivity contribution in [3.05, 3.63) is 35.9 Å². The minimum Gasteiger partial charge on any atom is -0.394 e. The van der Waals surface area contributed by atoms with Gasteiger partial charge < -0.3 is 15.7 Å². The quantitative estimate of drug-likeness (QED) is 0.772. The number of rotatable bonds is 5. The van der Waals surface area contributed by atoms with Crippen LogP contribution in [0.15, 0.2) is 30.3 Å². The maximum atomic E-state index is 11.8. The van der Waals surface area contributed by atoms with Crippen molar-refractivity contribution in [2.45, 2.75) is 24.1 Å². The SMILES string of the molecule is O=C(NCC1CCCS1)NC(CO)c1ccccc1. The Labute approximate surface area is 118 Å². The van der Waals surface area contributed by atoms with Gasteiger partial charge in [0, 0.05) is 11.8 Å². The Bertz CT molecular complexity index is 394. The molecular weight excluding hydrogens is 260 g/mol. The van der Waals surface area contributed by atoms with Crippen LogP contribution in [0.1, 0.15) is 24.4 Å². The van der Waals surface area contributed by atoms with Crippen LogP contribution in [-0.2, 0) is 0 Å². The molecule has 104 valence electrons. The zero-order chi connectivity index (χ0) is 13.5. The Kier molecular flexibility index (Phi) is 5.54. The van der Waals surface area contributed by atoms with Crippen LogP contribution in [0.4, 0.5) is 4.79 Å². The predicted octanol–water partition coefficient (Wildman–Crippen LogP) is 1.91. The molecule has 5 heteroatoms. The lowest BCUT2D eigenvalue weighted by atomic mass is 10.1. The molecule has 0 aromatic heterocycles. The van der Waals surface area contributed by atoms with Crippen molar-refractivity contribution in [2.75, 3.05) is 18.9 Å². The van der Waals surface area contributed by atoms with Crippen LogP contribution in [0.5, 0.6) is 0 Å². The highest BCUT2D eigenvalue weighted by Crippen LogP contribution is 2.25. The highest BCUT2D eigenvalue weighted by Gasteiger charge is 2.17. The van der Waals surface area contributed by atoms with E-state index in [9.17, 15) is 9.90 Å². The molecule has 1 fully saturated rings. The summed E-state index contributed by atoms with van der Waals surface area (Å²) in [5.41, 5.74) is 0.912. The first kappa shape index (κ1) is 14.2. The van der Waals surface area contributed by atoms with E-state index >= 15 is 0 Å². The Balaban J connectivity index is 1.79. The molecule has 1 aromatic carbocycles. The number of thioether (sulfide) groups is 1. The highest BCUT2D eigenvalue weighted by atomic mass is 32.2. The zero-order valence-electron chi connectivity index (χ0n) is 10.8. The van der Waals surface area contributed by atoms with Gasteiger partial charge in [-0.1, -0.05) is 30.3 Å². The summed E-state index contributed by atoms with van der Waals surface area (Å²) in [6.07, 6.45) is 2.41. The molecule has 2 rings (SSSR count). The number of hydrogen-bond donors (Lipinski definition) is 3. The highest BCUT2D eigenvalue weighted by molar-refractivity contribution is 8.00. The first-order chi connectivity index (χ1) is 9.29. The van der Waals surface area contributed by atoms with Crippen LogP contribution in [0.25, 0.3) is 0 Å². The molecule has 2 amide bonds. The molecule has 2 atom stereocenters. The van der Waals surface area contributed by atoms with Crippen LogP contribution in [0.2, 0.25) is 0 Å². The van der Waals surface area contributed by atoms with Crippen LogP contribution < -0.4 is 10.6 Å². The smallest absolute Gasteiger partial charge is 0.315 e. The minimum atomic E-state index is -0.350. The van der Waals surface area contributed by atoms with E-state index in [1.807, 2.05) is 42.1 Å². The van der Waals surface area contributed by atoms with Crippen molar-refractivity contribution in [1.29, 1.82) is 0 Å². The average molecular weight is 280 g/mol. The van der Waals surface area contributed by atoms with Gasteiger partial charge in [0.05, 0.1) is 12.6 Å². The molecule has 1 aliphatic heterocycles. The molecule has 19 heavy (non-hydrogen) atoms. The predicted molar refractivity (Wildman–Crippen MR) is 78.3 cm³/mol. The Morgan fingerprint density at radius 1 is 1.42 bits per heavy atom. The molecule has 1 aromatic rings. The van der Waals surface area contributed by atoms with Gasteiger partial charge in [-0.3, -0.25) is 0 Å². The van der Waals surface area contributed by atoms with Crippen molar-refractivity contribution in [1.82, 2.24) is 10.6 Å². The lowest BCUT2D eigenvalue weighted by molar-refractivity contribution is 0.217. The zero-order valence-corrected chi connectivity index (χ0v) is 11.7. The molecule has 1 aliphatic rings. The molecular formula is C14H20N2O2S. The van der Waals surface area contributed by atoms with Gasteiger partial charge in [0.15, 0.2) is 0 Å². The van der Waals surface area contributed by atoms with Gasteiger partial charge in [0.2, 0.25) is 0 Å². The van der Waals surface area contributed by atoms with E-state index in [1.54, 1.807) is 0 Å². The number of aliphatic hydroxyl groups is 1. The third kappa shape index (κ3) is 4.44. The van der Waals surface area contributed by atoms with Crippen molar-refractivity contribution < 1.29 is 9.90 Å². The normalized spacial score (nSPS) is 19.9. The van der Waals surface area contributed by atoms with E-state index < -0.39 is 0 Å². The number of nitrogens with one attached hydrogen (secondary N) is 2. The number of benzene rings is 1. The fraction of sp³-hybridized carbons (Fsp3) is 0.500. The third-order valence-corrected chi connectivity index (χ3v) is 4.60. The summed E-state index contributed by atoms with van der Waals surface area (Å²) in [7, 11) is 0. The monoisotopic (exact) mass is 280 g/mol. The standard InChI is InChI=1S/C14H20N2O2S/c17-10-13(11-5-2-1-3-6-11)16-14(18)15-9-12-7-4-8-19-12/h1-3,5-6,12-13,17H,4,7-10H2,(H2,15,16,18). The van der Waals surface area contributed by atoms with Crippen LogP contribution in [-0.4, -0.2) is 35.3 Å². The first-order valence-electron chi connectivity index (χ1n) is 6.61. The average Bonchev–Trinajstić information content (AvgIpc) is 2.97. The Hall–Kier alpha value is -1.20. The molecule has 1 heterocycles. The largest absolute Gasteiger partial charge is 0.394 e. The maximum absolute atomic E-state index is 11.8. The summed E-state index contributed by atoms with van der Waals surface area (Å²) in [6.45, 7) is 0.596. The van der Waals surface area contributed by atoms with Gasteiger partial charge in [-0.15, -0.1) is 0 Å². The number of urea groups is 1. The molecule has 0 radical (unpaired) electrons. The molecule has 0 spiro atoms. The van der Waals surface area contributed by atoms with Crippen molar-refractivity contribution >= 4 is 17.8 Å². The molecule has 2 unspecified atom stereocenters. The van der Waals surface area contributed by atoms with Crippen LogP contribution in [0, 0.1) is 0 Å². The van der Waals surface area contributed by atoms with Crippen LogP contribution >= 0.6 is 11.8 Å². The topological polar surface area (TPSA) is 61.4 Å². The van der Waals surface area contributed by atoms with E-state index in [4.69, 9.17) is 0 Å². The second kappa shape index (κ2) is 7.40. The fourth-order valence-corrected chi connectivity index (χ4v) is 3.34. The summed E-state index contributed by atoms with van der Waals surface area (Å²) in [6, 6.07) is 8.93. The summed E-state index contributed by atoms with van der Waals surface area (Å²) in [5, 5.41) is 15.6. The Morgan fingerprint density at radius 2 is 2.21 bits per heavy atom. The molecule has 4 nitrogen and oxygen atoms in total. The van der Waals surface area contributed by atoms with Gasteiger partial charge in [0.25, 0.3) is 0 Å². The first-order valence-corrected chi connectivity index (χ1v) is 7.66. The third-order valence-electron chi connectivity index (χ3n) is 3.20. The van der Waals surface area contributed by atoms with Crippen LogP contribution in [0.3, 0.4) is 0 Å². The molecule has 1 saturated heterocycles. The van der Waals surface area contributed by atoms with E-state index in [2.05, 4.69) is 10.6 Å². The van der Waals surface area contributed by atoms with Gasteiger partial charge in [-0.2, -0.15) is 11.8 Å². The van der Waals surface area contributed by atoms with Crippen molar-refractivity contribution in [3.8, 4) is 0 Å². The lowest BCUT2D eigenvalue weighted by Crippen LogP contribution is -2.41. The van der Waals surface area contributed by atoms with Gasteiger partial charge >= 0.3 is 6.03 Å². The summed E-state index contributed by atoms with van der Waals surface area (Å²) < 4.78 is 0. The Morgan fingerprint density at radius 3 is 2.84 bits per heavy atom. The number of aliphatic hydroxyl groups excluding tert-OH is 1. The molecule has 0 aliphatic carbocycles. The molecule has 0 bridgehead atoms. The fourth-order valence-electron chi connectivity index (χ4n) is 2.14. The maximum Gasteiger partial charge on any atom is 0.315 e. The van der Waals surface area contributed by atoms with Gasteiger partial charge in [-0.25, -0.2) is 4.79 Å². The second-order valence-corrected chi connectivity index (χ2v) is 6.04. The summed E-state index contributed by atoms with van der Waals surface area (Å²) >= 11 is 1.91. The van der Waals surface area contributed by atoms with E-state index in [-0.39, 0.29) is 18.7 Å². The van der Waals surface area contributed by atoms with Crippen molar-refractivity contribution in [3.63, 3.8) is 0 Å². The van der Waals surface area contributed by atoms with Gasteiger partial charge in [-0.05, 0) is 24.2 Å². The number of carbonyl (C=O) groups is 1. The summed E-state index contributed by atoms with van der Waals surface area (Å²) in [5.74, 6) is 1.19. The summed E-state index contributed by atoms with van der Waals surface area (Å²) in [4.78, 5) is 11.8. The van der Waals surface area contributed by atoms with E-state index in [1.165, 1.54) is 18.6 Å². The minimum absolute atomic E-state index is 0.102. The molecule has 0 saturated carbocycles. The number of hydrogen-bond acceptors (Lipinski definition) is 3. The van der Waals surface area contributed by atoms with E-state index in [0.29, 0.717) is 11.8 Å². The number of carbonyl (C=O) groups excluding carboxylic acids is 1. The van der Waals surface area contributed by atoms with Gasteiger partial charge in [0.1, 0.15) is 0 Å². The van der Waals surface area contributed by atoms with Crippen molar-refractivity contribution in [2.24, 2.45) is 0 Å². The number of amides is 2. The lowest BCUT2D eigenvalue weighted by Gasteiger charge is -2.18. The van der Waals surface area contributed by atoms with E-state index in [0.717, 1.165) is 5.56 Å². The second-order valence-electron chi connectivity index (χ2n) is 4.64. The molecule has 3 N–H and O–H groups in total.